The summed E-state index contributed by atoms with van der Waals surface area (Å²) in [6.07, 6.45) is 18.9. The molecule has 8 heteroatoms. The van der Waals surface area contributed by atoms with Crippen molar-refractivity contribution in [1.29, 1.82) is 0 Å². The van der Waals surface area contributed by atoms with Crippen LogP contribution in [-0.4, -0.2) is 43.9 Å². The van der Waals surface area contributed by atoms with Crippen LogP contribution in [0.15, 0.2) is 24.3 Å². The lowest BCUT2D eigenvalue weighted by atomic mass is 10.0. The van der Waals surface area contributed by atoms with Crippen LogP contribution in [0.3, 0.4) is 0 Å². The Morgan fingerprint density at radius 1 is 0.657 bits per heavy atom. The highest BCUT2D eigenvalue weighted by molar-refractivity contribution is 7.85. The van der Waals surface area contributed by atoms with E-state index < -0.39 is 34.4 Å². The molecule has 0 aliphatic rings. The van der Waals surface area contributed by atoms with Crippen LogP contribution in [0, 0.1) is 0 Å². The third kappa shape index (κ3) is 16.4. The highest BCUT2D eigenvalue weighted by Crippen LogP contribution is 2.15. The molecule has 1 N–H and O–H groups in total. The first-order chi connectivity index (χ1) is 16.8. The number of benzene rings is 1. The van der Waals surface area contributed by atoms with Gasteiger partial charge in [0.25, 0.3) is 10.1 Å². The van der Waals surface area contributed by atoms with Gasteiger partial charge in [0.15, 0.2) is 0 Å². The van der Waals surface area contributed by atoms with Gasteiger partial charge in [-0.2, -0.15) is 8.42 Å². The second-order valence-corrected chi connectivity index (χ2v) is 10.6. The van der Waals surface area contributed by atoms with E-state index in [0.29, 0.717) is 0 Å². The Morgan fingerprint density at radius 3 is 1.43 bits per heavy atom. The minimum Gasteiger partial charge on any atom is -0.462 e. The molecule has 0 aliphatic heterocycles. The maximum absolute atomic E-state index is 12.4. The molecule has 0 radical (unpaired) electrons. The van der Waals surface area contributed by atoms with Crippen molar-refractivity contribution in [1.82, 2.24) is 0 Å². The number of ether oxygens (including phenoxy) is 2. The molecule has 0 fully saturated rings. The lowest BCUT2D eigenvalue weighted by Gasteiger charge is -2.09. The highest BCUT2D eigenvalue weighted by Gasteiger charge is 2.19. The van der Waals surface area contributed by atoms with Crippen LogP contribution >= 0.6 is 0 Å². The van der Waals surface area contributed by atoms with Crippen LogP contribution in [0.2, 0.25) is 0 Å². The summed E-state index contributed by atoms with van der Waals surface area (Å²) in [5, 5.41) is 0. The zero-order chi connectivity index (χ0) is 25.8. The molecule has 0 saturated heterocycles. The summed E-state index contributed by atoms with van der Waals surface area (Å²) in [5.74, 6) is -2.16. The van der Waals surface area contributed by atoms with Crippen molar-refractivity contribution in [3.8, 4) is 0 Å². The van der Waals surface area contributed by atoms with Gasteiger partial charge in [-0.15, -0.1) is 0 Å². The van der Waals surface area contributed by atoms with Gasteiger partial charge in [-0.1, -0.05) is 109 Å². The van der Waals surface area contributed by atoms with Gasteiger partial charge in [-0.3, -0.25) is 4.55 Å². The summed E-state index contributed by atoms with van der Waals surface area (Å²) in [4.78, 5) is 24.6. The number of rotatable bonds is 21. The van der Waals surface area contributed by atoms with Gasteiger partial charge in [-0.25, -0.2) is 9.59 Å². The molecular weight excluding hydrogens is 468 g/mol. The number of hydrogen-bond acceptors (Lipinski definition) is 6. The summed E-state index contributed by atoms with van der Waals surface area (Å²) in [6, 6.07) is 6.07. The Kier molecular flexibility index (Phi) is 17.1. The lowest BCUT2D eigenvalue weighted by molar-refractivity contribution is 0.0463. The van der Waals surface area contributed by atoms with Crippen molar-refractivity contribution < 1.29 is 32.0 Å². The van der Waals surface area contributed by atoms with E-state index in [0.717, 1.165) is 19.3 Å². The van der Waals surface area contributed by atoms with Gasteiger partial charge < -0.3 is 9.47 Å². The maximum atomic E-state index is 12.4. The minimum absolute atomic E-state index is 0.00401. The predicted molar refractivity (Wildman–Crippen MR) is 138 cm³/mol. The van der Waals surface area contributed by atoms with E-state index >= 15 is 0 Å². The fourth-order valence-corrected chi connectivity index (χ4v) is 4.17. The van der Waals surface area contributed by atoms with E-state index in [9.17, 15) is 18.0 Å². The van der Waals surface area contributed by atoms with E-state index in [1.165, 1.54) is 89.2 Å². The van der Waals surface area contributed by atoms with E-state index in [1.807, 2.05) is 0 Å². The Bertz CT molecular complexity index is 821. The summed E-state index contributed by atoms with van der Waals surface area (Å²) < 4.78 is 40.4. The van der Waals surface area contributed by atoms with Crippen molar-refractivity contribution in [3.63, 3.8) is 0 Å². The molecule has 0 unspecified atom stereocenters. The van der Waals surface area contributed by atoms with Crippen molar-refractivity contribution in [2.75, 3.05) is 19.0 Å². The molecule has 200 valence electrons. The zero-order valence-electron chi connectivity index (χ0n) is 21.3. The molecule has 0 aromatic heterocycles. The molecule has 0 amide bonds. The topological polar surface area (TPSA) is 107 Å². The van der Waals surface area contributed by atoms with Gasteiger partial charge in [0.2, 0.25) is 0 Å². The normalized spacial score (nSPS) is 11.4. The third-order valence-electron chi connectivity index (χ3n) is 5.92. The predicted octanol–water partition coefficient (Wildman–Crippen LogP) is 6.76. The van der Waals surface area contributed by atoms with Crippen LogP contribution in [0.4, 0.5) is 0 Å². The van der Waals surface area contributed by atoms with Crippen molar-refractivity contribution in [2.24, 2.45) is 0 Å². The minimum atomic E-state index is -4.23. The van der Waals surface area contributed by atoms with Crippen LogP contribution in [0.5, 0.6) is 0 Å². The van der Waals surface area contributed by atoms with Gasteiger partial charge in [0, 0.05) is 0 Å². The second kappa shape index (κ2) is 19.3. The third-order valence-corrected chi connectivity index (χ3v) is 6.60. The Morgan fingerprint density at radius 2 is 1.03 bits per heavy atom. The smallest absolute Gasteiger partial charge is 0.339 e. The number of unbranched alkanes of at least 4 members (excludes halogenated alkanes) is 14. The van der Waals surface area contributed by atoms with Crippen molar-refractivity contribution in [2.45, 2.75) is 103 Å². The summed E-state index contributed by atoms with van der Waals surface area (Å²) in [7, 11) is -4.23. The van der Waals surface area contributed by atoms with Crippen LogP contribution in [0.25, 0.3) is 0 Å². The van der Waals surface area contributed by atoms with Crippen LogP contribution in [-0.2, 0) is 19.6 Å². The molecule has 1 rings (SSSR count). The average molecular weight is 513 g/mol. The number of hydrogen-bond donors (Lipinski definition) is 1. The molecule has 1 aromatic carbocycles. The Balaban J connectivity index is 2.10. The molecule has 1 aromatic rings. The van der Waals surface area contributed by atoms with E-state index in [1.54, 1.807) is 12.1 Å². The number of carbonyl (C=O) groups excluding carboxylic acids is 2. The molecule has 0 atom stereocenters. The van der Waals surface area contributed by atoms with E-state index in [2.05, 4.69) is 6.92 Å². The zero-order valence-corrected chi connectivity index (χ0v) is 22.2. The lowest BCUT2D eigenvalue weighted by Crippen LogP contribution is -2.18. The summed E-state index contributed by atoms with van der Waals surface area (Å²) in [5.41, 5.74) is 0.0784. The van der Waals surface area contributed by atoms with Crippen LogP contribution in [0.1, 0.15) is 124 Å². The maximum Gasteiger partial charge on any atom is 0.339 e. The molecule has 0 spiro atoms. The van der Waals surface area contributed by atoms with Gasteiger partial charge in [-0.05, 0) is 18.6 Å². The molecule has 0 heterocycles. The Hall–Kier alpha value is -1.93. The molecule has 0 aliphatic carbocycles. The first-order valence-corrected chi connectivity index (χ1v) is 14.8. The van der Waals surface area contributed by atoms with Crippen molar-refractivity contribution in [3.05, 3.63) is 35.4 Å². The first-order valence-electron chi connectivity index (χ1n) is 13.2. The van der Waals surface area contributed by atoms with Crippen molar-refractivity contribution >= 4 is 22.1 Å². The molecule has 0 bridgehead atoms. The molecule has 7 nitrogen and oxygen atoms in total. The van der Waals surface area contributed by atoms with E-state index in [4.69, 9.17) is 14.0 Å². The fraction of sp³-hybridized carbons (Fsp3) is 0.704. The first kappa shape index (κ1) is 31.1. The Labute approximate surface area is 211 Å². The summed E-state index contributed by atoms with van der Waals surface area (Å²) >= 11 is 0. The van der Waals surface area contributed by atoms with Gasteiger partial charge in [0.05, 0.1) is 17.7 Å². The summed E-state index contributed by atoms with van der Waals surface area (Å²) in [6.45, 7) is 2.03. The molecule has 35 heavy (non-hydrogen) atoms. The van der Waals surface area contributed by atoms with Crippen LogP contribution < -0.4 is 0 Å². The second-order valence-electron chi connectivity index (χ2n) is 9.05. The SMILES string of the molecule is CCCCCCCCCCCCCCCCCOC(=O)c1ccccc1C(=O)OCCS(=O)(=O)O. The fourth-order valence-electron chi connectivity index (χ4n) is 3.87. The highest BCUT2D eigenvalue weighted by atomic mass is 32.2. The molecular formula is C27H44O7S. The monoisotopic (exact) mass is 512 g/mol. The van der Waals surface area contributed by atoms with Gasteiger partial charge >= 0.3 is 11.9 Å². The quantitative estimate of drug-likeness (QED) is 0.110. The van der Waals surface area contributed by atoms with E-state index in [-0.39, 0.29) is 17.7 Å². The standard InChI is InChI=1S/C27H44O7S/c1-2-3-4-5-6-7-8-9-10-11-12-13-14-15-18-21-33-26(28)24-19-16-17-20-25(24)27(29)34-22-23-35(30,31)32/h16-17,19-20H,2-15,18,21-23H2,1H3,(H,30,31,32). The largest absolute Gasteiger partial charge is 0.462 e. The number of carbonyl (C=O) groups is 2. The van der Waals surface area contributed by atoms with Gasteiger partial charge in [0.1, 0.15) is 12.4 Å². The number of esters is 2. The average Bonchev–Trinajstić information content (AvgIpc) is 2.82. The molecule has 0 saturated carbocycles.